The van der Waals surface area contributed by atoms with E-state index < -0.39 is 46.8 Å². The van der Waals surface area contributed by atoms with Crippen LogP contribution in [0.15, 0.2) is 72.8 Å². The van der Waals surface area contributed by atoms with Gasteiger partial charge in [-0.1, -0.05) is 67.6 Å². The predicted octanol–water partition coefficient (Wildman–Crippen LogP) is 3.27. The summed E-state index contributed by atoms with van der Waals surface area (Å²) < 4.78 is 0. The van der Waals surface area contributed by atoms with Gasteiger partial charge in [0.05, 0.1) is 0 Å². The van der Waals surface area contributed by atoms with E-state index in [1.807, 2.05) is 67.6 Å². The molecule has 3 aromatic carbocycles. The Labute approximate surface area is 230 Å². The van der Waals surface area contributed by atoms with Crippen molar-refractivity contribution in [3.05, 3.63) is 106 Å². The van der Waals surface area contributed by atoms with Gasteiger partial charge in [-0.3, -0.25) is 28.8 Å². The lowest BCUT2D eigenvalue weighted by atomic mass is 9.99. The normalized spacial score (nSPS) is 20.7. The molecule has 0 aliphatic heterocycles. The number of amides is 2. The van der Waals surface area contributed by atoms with Gasteiger partial charge in [-0.25, -0.2) is 0 Å². The molecule has 0 heterocycles. The second-order valence-corrected chi connectivity index (χ2v) is 10.7. The molecule has 3 aliphatic carbocycles. The van der Waals surface area contributed by atoms with Gasteiger partial charge in [-0.2, -0.15) is 0 Å². The van der Waals surface area contributed by atoms with E-state index in [1.54, 1.807) is 0 Å². The molecule has 8 heteroatoms. The average molecular weight is 535 g/mol. The van der Waals surface area contributed by atoms with Crippen LogP contribution < -0.4 is 10.6 Å². The highest BCUT2D eigenvalue weighted by Crippen LogP contribution is 2.41. The molecule has 2 N–H and O–H groups in total. The number of nitrogens with one attached hydrogen (secondary N) is 2. The van der Waals surface area contributed by atoms with E-state index in [0.29, 0.717) is 6.42 Å². The Morgan fingerprint density at radius 3 is 1.73 bits per heavy atom. The SMILES string of the molecule is CC(CNC(=O)C1C(=O)c2cc3c(cc2C1=O)C(=O)C(C(=O)NC1CC1c1ccccc1)C3=O)c1ccccc1. The number of carbonyl (C=O) groups excluding carboxylic acids is 6. The topological polar surface area (TPSA) is 126 Å². The maximum Gasteiger partial charge on any atom is 0.239 e. The second kappa shape index (κ2) is 9.79. The van der Waals surface area contributed by atoms with Crippen molar-refractivity contribution in [2.24, 2.45) is 11.8 Å². The summed E-state index contributed by atoms with van der Waals surface area (Å²) in [6.45, 7) is 2.15. The summed E-state index contributed by atoms with van der Waals surface area (Å²) in [5.74, 6) is -7.30. The van der Waals surface area contributed by atoms with Gasteiger partial charge in [0.15, 0.2) is 35.0 Å². The van der Waals surface area contributed by atoms with Crippen LogP contribution in [0.25, 0.3) is 0 Å². The third-order valence-corrected chi connectivity index (χ3v) is 8.09. The summed E-state index contributed by atoms with van der Waals surface area (Å²) in [5, 5.41) is 5.49. The first-order valence-electron chi connectivity index (χ1n) is 13.3. The number of hydrogen-bond donors (Lipinski definition) is 2. The molecule has 2 amide bonds. The van der Waals surface area contributed by atoms with Crippen LogP contribution in [-0.4, -0.2) is 47.5 Å². The van der Waals surface area contributed by atoms with Gasteiger partial charge in [-0.15, -0.1) is 0 Å². The van der Waals surface area contributed by atoms with Gasteiger partial charge >= 0.3 is 0 Å². The molecule has 0 spiro atoms. The molecule has 0 saturated heterocycles. The summed E-state index contributed by atoms with van der Waals surface area (Å²) in [6, 6.07) is 21.4. The van der Waals surface area contributed by atoms with Crippen LogP contribution in [0.3, 0.4) is 0 Å². The molecule has 1 saturated carbocycles. The van der Waals surface area contributed by atoms with Crippen molar-refractivity contribution in [2.75, 3.05) is 6.54 Å². The number of ketones is 4. The lowest BCUT2D eigenvalue weighted by Crippen LogP contribution is -2.38. The monoisotopic (exact) mass is 534 g/mol. The first kappa shape index (κ1) is 25.6. The predicted molar refractivity (Wildman–Crippen MR) is 144 cm³/mol. The summed E-state index contributed by atoms with van der Waals surface area (Å²) >= 11 is 0. The van der Waals surface area contributed by atoms with E-state index in [1.165, 1.54) is 12.1 Å². The quantitative estimate of drug-likeness (QED) is 0.448. The number of rotatable bonds is 7. The highest BCUT2D eigenvalue weighted by molar-refractivity contribution is 6.39. The van der Waals surface area contributed by atoms with E-state index in [2.05, 4.69) is 10.6 Å². The zero-order chi connectivity index (χ0) is 28.1. The van der Waals surface area contributed by atoms with E-state index in [-0.39, 0.29) is 46.7 Å². The zero-order valence-corrected chi connectivity index (χ0v) is 21.7. The maximum absolute atomic E-state index is 13.2. The maximum atomic E-state index is 13.2. The van der Waals surface area contributed by atoms with Gasteiger partial charge in [0.2, 0.25) is 11.8 Å². The molecular weight excluding hydrogens is 508 g/mol. The molecule has 3 unspecified atom stereocenters. The lowest BCUT2D eigenvalue weighted by Gasteiger charge is -2.14. The van der Waals surface area contributed by atoms with Crippen molar-refractivity contribution >= 4 is 34.9 Å². The van der Waals surface area contributed by atoms with Crippen LogP contribution in [0.5, 0.6) is 0 Å². The molecule has 200 valence electrons. The Kier molecular flexibility index (Phi) is 6.25. The minimum absolute atomic E-state index is 0.0418. The molecular formula is C32H26N2O6. The minimum Gasteiger partial charge on any atom is -0.354 e. The van der Waals surface area contributed by atoms with Crippen molar-refractivity contribution in [3.63, 3.8) is 0 Å². The minimum atomic E-state index is -1.57. The van der Waals surface area contributed by atoms with Crippen LogP contribution >= 0.6 is 0 Å². The largest absolute Gasteiger partial charge is 0.354 e. The lowest BCUT2D eigenvalue weighted by molar-refractivity contribution is -0.123. The standard InChI is InChI=1S/C32H26N2O6/c1-16(17-8-4-2-5-9-17)15-33-31(39)25-27(35)20-12-22-23(13-21(20)28(25)36)30(38)26(29(22)37)32(40)34-24-14-19(24)18-10-6-3-7-11-18/h2-13,16,19,24-26H,14-15H2,1H3,(H,33,39)(H,34,40). The molecule has 0 bridgehead atoms. The summed E-state index contributed by atoms with van der Waals surface area (Å²) in [7, 11) is 0. The van der Waals surface area contributed by atoms with Crippen molar-refractivity contribution in [1.82, 2.24) is 10.6 Å². The smallest absolute Gasteiger partial charge is 0.239 e. The Balaban J connectivity index is 1.15. The highest BCUT2D eigenvalue weighted by atomic mass is 16.2. The first-order chi connectivity index (χ1) is 19.3. The Morgan fingerprint density at radius 1 is 0.725 bits per heavy atom. The van der Waals surface area contributed by atoms with E-state index in [4.69, 9.17) is 0 Å². The zero-order valence-electron chi connectivity index (χ0n) is 21.7. The molecule has 0 radical (unpaired) electrons. The third kappa shape index (κ3) is 4.25. The molecule has 3 aromatic rings. The Morgan fingerprint density at radius 2 is 1.20 bits per heavy atom. The van der Waals surface area contributed by atoms with Crippen LogP contribution in [-0.2, 0) is 9.59 Å². The van der Waals surface area contributed by atoms with Crippen LogP contribution in [0.2, 0.25) is 0 Å². The molecule has 1 fully saturated rings. The van der Waals surface area contributed by atoms with Crippen LogP contribution in [0.4, 0.5) is 0 Å². The van der Waals surface area contributed by atoms with Crippen molar-refractivity contribution < 1.29 is 28.8 Å². The van der Waals surface area contributed by atoms with Crippen molar-refractivity contribution in [2.45, 2.75) is 31.2 Å². The fourth-order valence-electron chi connectivity index (χ4n) is 5.70. The van der Waals surface area contributed by atoms with Gasteiger partial charge in [0.1, 0.15) is 0 Å². The van der Waals surface area contributed by atoms with Gasteiger partial charge in [-0.05, 0) is 35.6 Å². The first-order valence-corrected chi connectivity index (χ1v) is 13.3. The summed E-state index contributed by atoms with van der Waals surface area (Å²) in [6.07, 6.45) is 0.711. The third-order valence-electron chi connectivity index (χ3n) is 8.09. The molecule has 8 nitrogen and oxygen atoms in total. The Bertz CT molecular complexity index is 1540. The number of Topliss-reactive ketones (excluding diaryl/α,β-unsaturated/α-hetero) is 4. The van der Waals surface area contributed by atoms with Gasteiger partial charge in [0.25, 0.3) is 0 Å². The van der Waals surface area contributed by atoms with E-state index in [0.717, 1.165) is 11.1 Å². The van der Waals surface area contributed by atoms with Crippen molar-refractivity contribution in [1.29, 1.82) is 0 Å². The Hall–Kier alpha value is -4.72. The van der Waals surface area contributed by atoms with E-state index >= 15 is 0 Å². The number of hydrogen-bond acceptors (Lipinski definition) is 6. The molecule has 3 atom stereocenters. The summed E-state index contributed by atoms with van der Waals surface area (Å²) in [5.41, 5.74) is 1.78. The number of carbonyl (C=O) groups is 6. The number of benzene rings is 3. The molecule has 6 rings (SSSR count). The van der Waals surface area contributed by atoms with Crippen molar-refractivity contribution in [3.8, 4) is 0 Å². The molecule has 3 aliphatic rings. The average Bonchev–Trinajstić information content (AvgIpc) is 3.63. The van der Waals surface area contributed by atoms with E-state index in [9.17, 15) is 28.8 Å². The summed E-state index contributed by atoms with van der Waals surface area (Å²) in [4.78, 5) is 78.5. The molecule has 40 heavy (non-hydrogen) atoms. The van der Waals surface area contributed by atoms with Crippen LogP contribution in [0, 0.1) is 11.8 Å². The fourth-order valence-corrected chi connectivity index (χ4v) is 5.70. The second-order valence-electron chi connectivity index (χ2n) is 10.7. The fraction of sp³-hybridized carbons (Fsp3) is 0.250. The highest BCUT2D eigenvalue weighted by Gasteiger charge is 2.50. The molecule has 0 aromatic heterocycles. The van der Waals surface area contributed by atoms with Gasteiger partial charge in [0, 0.05) is 40.8 Å². The van der Waals surface area contributed by atoms with Crippen LogP contribution in [0.1, 0.15) is 77.7 Å². The number of fused-ring (bicyclic) bond motifs is 2. The van der Waals surface area contributed by atoms with Gasteiger partial charge < -0.3 is 10.6 Å².